The summed E-state index contributed by atoms with van der Waals surface area (Å²) in [4.78, 5) is 13.0. The highest BCUT2D eigenvalue weighted by atomic mass is 16.3. The Morgan fingerprint density at radius 2 is 1.91 bits per heavy atom. The zero-order valence-corrected chi connectivity index (χ0v) is 20.1. The Hall–Kier alpha value is -1.67. The Kier molecular flexibility index (Phi) is 6.56. The summed E-state index contributed by atoms with van der Waals surface area (Å²) >= 11 is 0. The monoisotopic (exact) mass is 439 g/mol. The van der Waals surface area contributed by atoms with Crippen LogP contribution in [-0.2, 0) is 4.79 Å². The Morgan fingerprint density at radius 3 is 2.62 bits per heavy atom. The first-order valence-corrected chi connectivity index (χ1v) is 12.8. The Balaban J connectivity index is 1.42. The van der Waals surface area contributed by atoms with Crippen molar-refractivity contribution >= 4 is 12.0 Å². The van der Waals surface area contributed by atoms with Gasteiger partial charge in [-0.25, -0.2) is 0 Å². The third-order valence-electron chi connectivity index (χ3n) is 10.2. The molecule has 4 saturated carbocycles. The van der Waals surface area contributed by atoms with Gasteiger partial charge in [-0.1, -0.05) is 13.8 Å². The Morgan fingerprint density at radius 1 is 1.16 bits per heavy atom. The second-order valence-electron chi connectivity index (χ2n) is 11.9. The topological polar surface area (TPSA) is 97.0 Å². The number of aliphatic hydroxyl groups is 1. The van der Waals surface area contributed by atoms with E-state index in [-0.39, 0.29) is 29.2 Å². The molecule has 0 aromatic carbocycles. The summed E-state index contributed by atoms with van der Waals surface area (Å²) in [6.45, 7) is 6.85. The molecule has 0 saturated heterocycles. The average Bonchev–Trinajstić information content (AvgIpc) is 3.12. The molecule has 5 heteroatoms. The molecule has 0 unspecified atom stereocenters. The first kappa shape index (κ1) is 23.5. The maximum absolute atomic E-state index is 13.0. The van der Waals surface area contributed by atoms with Crippen molar-refractivity contribution < 1.29 is 9.90 Å². The second kappa shape index (κ2) is 8.93. The highest BCUT2D eigenvalue weighted by Gasteiger charge is 2.58. The Bertz CT molecular complexity index is 812. The highest BCUT2D eigenvalue weighted by Crippen LogP contribution is 2.65. The third kappa shape index (κ3) is 4.16. The lowest BCUT2D eigenvalue weighted by Gasteiger charge is -2.57. The van der Waals surface area contributed by atoms with Crippen LogP contribution in [0.3, 0.4) is 0 Å². The van der Waals surface area contributed by atoms with Crippen LogP contribution >= 0.6 is 0 Å². The standard InChI is InChI=1S/C27H41N3O2/c1-17(25(31)16-30-15-18(13-28)14-29)23-6-7-24-22-5-4-19-12-26(2,32)10-8-20(19)21(22)9-11-27(23,24)3/h13,15,17,19-24,28,30,32H,4-12,16H2,1-3H3/b18-15+,28-13?/t17-,19+,20-,21+,22+,23+,24-,26+,27+/m0/s1. The lowest BCUT2D eigenvalue weighted by molar-refractivity contribution is -0.127. The van der Waals surface area contributed by atoms with Crippen LogP contribution in [-0.4, -0.2) is 29.3 Å². The molecule has 32 heavy (non-hydrogen) atoms. The molecule has 0 aromatic heterocycles. The van der Waals surface area contributed by atoms with Crippen LogP contribution < -0.4 is 5.32 Å². The van der Waals surface area contributed by atoms with E-state index < -0.39 is 5.60 Å². The van der Waals surface area contributed by atoms with Crippen molar-refractivity contribution in [2.45, 2.75) is 84.2 Å². The molecule has 4 rings (SSSR count). The van der Waals surface area contributed by atoms with Gasteiger partial charge in [0.1, 0.15) is 6.07 Å². The minimum Gasteiger partial charge on any atom is -0.390 e. The molecule has 0 aromatic rings. The molecule has 4 aliphatic rings. The number of Topliss-reactive ketones (excluding diaryl/α,β-unsaturated/α-hetero) is 1. The van der Waals surface area contributed by atoms with Gasteiger partial charge in [0.2, 0.25) is 0 Å². The van der Waals surface area contributed by atoms with Crippen LogP contribution in [0.15, 0.2) is 11.8 Å². The van der Waals surface area contributed by atoms with E-state index in [1.54, 1.807) is 0 Å². The van der Waals surface area contributed by atoms with Crippen LogP contribution in [0.25, 0.3) is 0 Å². The van der Waals surface area contributed by atoms with Gasteiger partial charge in [-0.05, 0) is 106 Å². The number of ketones is 1. The highest BCUT2D eigenvalue weighted by molar-refractivity contribution is 5.84. The van der Waals surface area contributed by atoms with Gasteiger partial charge in [0.25, 0.3) is 0 Å². The zero-order chi connectivity index (χ0) is 23.1. The summed E-state index contributed by atoms with van der Waals surface area (Å²) in [5, 5.41) is 29.7. The summed E-state index contributed by atoms with van der Waals surface area (Å²) in [7, 11) is 0. The average molecular weight is 440 g/mol. The molecule has 0 aliphatic heterocycles. The van der Waals surface area contributed by atoms with E-state index in [2.05, 4.69) is 19.2 Å². The van der Waals surface area contributed by atoms with Crippen molar-refractivity contribution in [3.8, 4) is 6.07 Å². The molecular weight excluding hydrogens is 398 g/mol. The fraction of sp³-hybridized carbons (Fsp3) is 0.815. The number of allylic oxidation sites excluding steroid dienone is 1. The molecule has 176 valence electrons. The third-order valence-corrected chi connectivity index (χ3v) is 10.2. The molecule has 0 heterocycles. The van der Waals surface area contributed by atoms with Crippen LogP contribution in [0.2, 0.25) is 0 Å². The van der Waals surface area contributed by atoms with Crippen molar-refractivity contribution in [2.24, 2.45) is 46.8 Å². The normalized spacial score (nSPS) is 44.4. The van der Waals surface area contributed by atoms with Gasteiger partial charge >= 0.3 is 0 Å². The first-order chi connectivity index (χ1) is 15.2. The quantitative estimate of drug-likeness (QED) is 0.407. The van der Waals surface area contributed by atoms with Crippen molar-refractivity contribution in [3.63, 3.8) is 0 Å². The summed E-state index contributed by atoms with van der Waals surface area (Å²) in [5.74, 6) is 4.55. The number of carbonyl (C=O) groups excluding carboxylic acids is 1. The van der Waals surface area contributed by atoms with E-state index in [0.29, 0.717) is 11.8 Å². The number of rotatable bonds is 6. The number of nitrogens with zero attached hydrogens (tertiary/aromatic N) is 1. The summed E-state index contributed by atoms with van der Waals surface area (Å²) in [6, 6.07) is 1.93. The molecule has 0 amide bonds. The van der Waals surface area contributed by atoms with Gasteiger partial charge in [-0.2, -0.15) is 5.26 Å². The smallest absolute Gasteiger partial charge is 0.154 e. The molecular formula is C27H41N3O2. The molecule has 3 N–H and O–H groups in total. The summed E-state index contributed by atoms with van der Waals surface area (Å²) in [5.41, 5.74) is 0.0317. The summed E-state index contributed by atoms with van der Waals surface area (Å²) in [6.07, 6.45) is 13.2. The van der Waals surface area contributed by atoms with Crippen LogP contribution in [0.4, 0.5) is 0 Å². The maximum Gasteiger partial charge on any atom is 0.154 e. The van der Waals surface area contributed by atoms with Crippen molar-refractivity contribution in [2.75, 3.05) is 6.54 Å². The van der Waals surface area contributed by atoms with Gasteiger partial charge in [0, 0.05) is 18.3 Å². The van der Waals surface area contributed by atoms with Crippen LogP contribution in [0, 0.1) is 63.6 Å². The van der Waals surface area contributed by atoms with E-state index in [1.165, 1.54) is 44.7 Å². The van der Waals surface area contributed by atoms with E-state index >= 15 is 0 Å². The summed E-state index contributed by atoms with van der Waals surface area (Å²) < 4.78 is 0. The van der Waals surface area contributed by atoms with Gasteiger partial charge in [0.05, 0.1) is 17.7 Å². The van der Waals surface area contributed by atoms with E-state index in [0.717, 1.165) is 49.1 Å². The number of nitrogens with one attached hydrogen (secondary N) is 2. The number of hydrogen-bond acceptors (Lipinski definition) is 5. The predicted molar refractivity (Wildman–Crippen MR) is 126 cm³/mol. The van der Waals surface area contributed by atoms with Crippen LogP contribution in [0.5, 0.6) is 0 Å². The molecule has 0 radical (unpaired) electrons. The lowest BCUT2D eigenvalue weighted by Crippen LogP contribution is -2.51. The van der Waals surface area contributed by atoms with Gasteiger partial charge in [-0.15, -0.1) is 0 Å². The number of fused-ring (bicyclic) bond motifs is 5. The molecule has 4 aliphatic carbocycles. The second-order valence-corrected chi connectivity index (χ2v) is 11.9. The zero-order valence-electron chi connectivity index (χ0n) is 20.1. The molecule has 4 fully saturated rings. The Labute approximate surface area is 193 Å². The fourth-order valence-electron chi connectivity index (χ4n) is 8.70. The SMILES string of the molecule is C[C@H](C(=O)CN/C=C(/C#N)C=N)[C@H]1CC[C@H]2[C@@H]3CC[C@@H]4C[C@](C)(O)CC[C@@H]4[C@H]3CC[C@]12C. The van der Waals surface area contributed by atoms with Gasteiger partial charge in [0.15, 0.2) is 5.78 Å². The number of carbonyl (C=O) groups is 1. The molecule has 0 bridgehead atoms. The fourth-order valence-corrected chi connectivity index (χ4v) is 8.70. The minimum atomic E-state index is -0.457. The van der Waals surface area contributed by atoms with Crippen LogP contribution in [0.1, 0.15) is 78.6 Å². The van der Waals surface area contributed by atoms with Gasteiger partial charge < -0.3 is 15.8 Å². The molecule has 0 spiro atoms. The maximum atomic E-state index is 13.0. The van der Waals surface area contributed by atoms with E-state index in [4.69, 9.17) is 10.7 Å². The van der Waals surface area contributed by atoms with Crippen molar-refractivity contribution in [1.82, 2.24) is 5.32 Å². The van der Waals surface area contributed by atoms with Gasteiger partial charge in [-0.3, -0.25) is 4.79 Å². The number of nitriles is 1. The first-order valence-electron chi connectivity index (χ1n) is 12.8. The van der Waals surface area contributed by atoms with E-state index in [9.17, 15) is 9.90 Å². The van der Waals surface area contributed by atoms with Crippen molar-refractivity contribution in [3.05, 3.63) is 11.8 Å². The minimum absolute atomic E-state index is 0.0223. The number of hydrogen-bond donors (Lipinski definition) is 3. The lowest BCUT2D eigenvalue weighted by atomic mass is 9.48. The largest absolute Gasteiger partial charge is 0.390 e. The van der Waals surface area contributed by atoms with E-state index in [1.807, 2.05) is 13.0 Å². The molecule has 9 atom stereocenters. The van der Waals surface area contributed by atoms with Crippen molar-refractivity contribution in [1.29, 1.82) is 10.7 Å². The predicted octanol–water partition coefficient (Wildman–Crippen LogP) is 4.86. The molecule has 5 nitrogen and oxygen atoms in total.